The SMILES string of the molecule is CC(C)[C@@H]1CC[C@@H](C)C[C@H]1OP(=O)(CC(=O)CCl)O[C@@H]1C[C@H](C)CC[C@H]1C(C)C. The molecule has 2 saturated carbocycles. The van der Waals surface area contributed by atoms with Gasteiger partial charge in [0.2, 0.25) is 0 Å². The van der Waals surface area contributed by atoms with E-state index in [1.807, 2.05) is 0 Å². The Balaban J connectivity index is 2.24. The maximum atomic E-state index is 13.9. The molecule has 0 aliphatic heterocycles. The lowest BCUT2D eigenvalue weighted by Crippen LogP contribution is -2.37. The molecule has 0 amide bonds. The van der Waals surface area contributed by atoms with E-state index < -0.39 is 7.60 Å². The summed E-state index contributed by atoms with van der Waals surface area (Å²) in [6, 6.07) is 0. The monoisotopic (exact) mass is 448 g/mol. The number of halogens is 1. The molecule has 29 heavy (non-hydrogen) atoms. The minimum absolute atomic E-state index is 0.119. The van der Waals surface area contributed by atoms with Crippen molar-refractivity contribution < 1.29 is 18.4 Å². The molecule has 6 atom stereocenters. The van der Waals surface area contributed by atoms with Crippen LogP contribution < -0.4 is 0 Å². The maximum absolute atomic E-state index is 13.9. The summed E-state index contributed by atoms with van der Waals surface area (Å²) in [5.41, 5.74) is 0. The van der Waals surface area contributed by atoms with Gasteiger partial charge in [0.05, 0.1) is 18.1 Å². The molecule has 2 fully saturated rings. The molecule has 0 unspecified atom stereocenters. The number of rotatable bonds is 9. The standard InChI is InChI=1S/C23H42ClO4P/c1-15(2)20-9-7-17(5)11-22(20)27-29(26,14-19(25)13-24)28-23-12-18(6)8-10-21(23)16(3)4/h15-18,20-23H,7-14H2,1-6H3/t17-,18-,20+,21+,22-,23-/m1/s1. The summed E-state index contributed by atoms with van der Waals surface area (Å²) in [6.07, 6.45) is 5.79. The molecule has 0 aromatic heterocycles. The molecule has 170 valence electrons. The van der Waals surface area contributed by atoms with E-state index in [1.165, 1.54) is 12.8 Å². The molecular formula is C23H42ClO4P. The van der Waals surface area contributed by atoms with Crippen LogP contribution in [-0.4, -0.2) is 30.0 Å². The molecule has 2 rings (SSSR count). The number of carbonyl (C=O) groups is 1. The van der Waals surface area contributed by atoms with Gasteiger partial charge in [-0.15, -0.1) is 11.6 Å². The molecule has 0 spiro atoms. The van der Waals surface area contributed by atoms with Gasteiger partial charge in [-0.05, 0) is 61.2 Å². The summed E-state index contributed by atoms with van der Waals surface area (Å²) in [4.78, 5) is 12.2. The first kappa shape index (κ1) is 25.4. The fraction of sp³-hybridized carbons (Fsp3) is 0.957. The summed E-state index contributed by atoms with van der Waals surface area (Å²) in [5, 5.41) is 0. The van der Waals surface area contributed by atoms with Gasteiger partial charge >= 0.3 is 7.60 Å². The van der Waals surface area contributed by atoms with Crippen LogP contribution in [0.3, 0.4) is 0 Å². The van der Waals surface area contributed by atoms with Gasteiger partial charge in [-0.3, -0.25) is 9.36 Å². The first-order chi connectivity index (χ1) is 13.5. The highest BCUT2D eigenvalue weighted by Gasteiger charge is 2.42. The van der Waals surface area contributed by atoms with E-state index in [2.05, 4.69) is 41.5 Å². The third-order valence-corrected chi connectivity index (χ3v) is 9.26. The maximum Gasteiger partial charge on any atom is 0.338 e. The second-order valence-corrected chi connectivity index (χ2v) is 12.6. The van der Waals surface area contributed by atoms with Crippen molar-refractivity contribution >= 4 is 25.0 Å². The number of hydrogen-bond donors (Lipinski definition) is 0. The van der Waals surface area contributed by atoms with Crippen LogP contribution in [0, 0.1) is 35.5 Å². The number of ketones is 1. The molecule has 0 bridgehead atoms. The van der Waals surface area contributed by atoms with E-state index in [4.69, 9.17) is 20.6 Å². The lowest BCUT2D eigenvalue weighted by Gasteiger charge is -2.41. The van der Waals surface area contributed by atoms with Gasteiger partial charge in [-0.25, -0.2) is 0 Å². The van der Waals surface area contributed by atoms with Gasteiger partial charge in [0.15, 0.2) is 5.78 Å². The van der Waals surface area contributed by atoms with Crippen molar-refractivity contribution in [3.8, 4) is 0 Å². The Morgan fingerprint density at radius 2 is 1.31 bits per heavy atom. The second-order valence-electron chi connectivity index (χ2n) is 10.4. The van der Waals surface area contributed by atoms with Crippen molar-refractivity contribution in [1.29, 1.82) is 0 Å². The predicted octanol–water partition coefficient (Wildman–Crippen LogP) is 6.94. The van der Waals surface area contributed by atoms with Crippen LogP contribution in [0.25, 0.3) is 0 Å². The Kier molecular flexibility index (Phi) is 9.73. The van der Waals surface area contributed by atoms with Crippen molar-refractivity contribution in [1.82, 2.24) is 0 Å². The normalized spacial score (nSPS) is 34.0. The molecule has 0 saturated heterocycles. The molecular weight excluding hydrogens is 407 g/mol. The first-order valence-electron chi connectivity index (χ1n) is 11.6. The second kappa shape index (κ2) is 11.1. The largest absolute Gasteiger partial charge is 0.338 e. The molecule has 4 nitrogen and oxygen atoms in total. The van der Waals surface area contributed by atoms with E-state index in [0.717, 1.165) is 25.7 Å². The smallest absolute Gasteiger partial charge is 0.305 e. The van der Waals surface area contributed by atoms with Crippen LogP contribution >= 0.6 is 19.2 Å². The molecule has 2 aliphatic rings. The van der Waals surface area contributed by atoms with Gasteiger partial charge in [0, 0.05) is 0 Å². The summed E-state index contributed by atoms with van der Waals surface area (Å²) in [7, 11) is -3.57. The number of alkyl halides is 1. The van der Waals surface area contributed by atoms with Crippen molar-refractivity contribution in [2.75, 3.05) is 12.0 Å². The van der Waals surface area contributed by atoms with Crippen molar-refractivity contribution in [3.05, 3.63) is 0 Å². The average molecular weight is 449 g/mol. The summed E-state index contributed by atoms with van der Waals surface area (Å²) < 4.78 is 26.6. The van der Waals surface area contributed by atoms with Crippen LogP contribution in [-0.2, 0) is 18.4 Å². The highest BCUT2D eigenvalue weighted by atomic mass is 35.5. The average Bonchev–Trinajstić information content (AvgIpc) is 2.60. The minimum Gasteiger partial charge on any atom is -0.305 e. The van der Waals surface area contributed by atoms with Crippen molar-refractivity contribution in [2.45, 2.75) is 92.3 Å². The van der Waals surface area contributed by atoms with E-state index in [0.29, 0.717) is 35.5 Å². The Labute approximate surface area is 183 Å². The summed E-state index contributed by atoms with van der Waals surface area (Å²) in [6.45, 7) is 13.2. The highest BCUT2D eigenvalue weighted by Crippen LogP contribution is 2.56. The molecule has 0 heterocycles. The Morgan fingerprint density at radius 3 is 1.66 bits per heavy atom. The number of carbonyl (C=O) groups excluding carboxylic acids is 1. The van der Waals surface area contributed by atoms with Gasteiger partial charge in [-0.1, -0.05) is 54.4 Å². The Morgan fingerprint density at radius 1 is 0.897 bits per heavy atom. The molecule has 2 aliphatic carbocycles. The third-order valence-electron chi connectivity index (χ3n) is 7.03. The zero-order valence-electron chi connectivity index (χ0n) is 19.2. The first-order valence-corrected chi connectivity index (χ1v) is 13.8. The Hall–Kier alpha value is 0.110. The number of hydrogen-bond acceptors (Lipinski definition) is 4. The van der Waals surface area contributed by atoms with Gasteiger partial charge in [0.25, 0.3) is 0 Å². The third kappa shape index (κ3) is 7.34. The van der Waals surface area contributed by atoms with E-state index in [-0.39, 0.29) is 30.0 Å². The van der Waals surface area contributed by atoms with Crippen LogP contribution in [0.5, 0.6) is 0 Å². The lowest BCUT2D eigenvalue weighted by atomic mass is 9.75. The van der Waals surface area contributed by atoms with Gasteiger partial charge in [0.1, 0.15) is 6.16 Å². The van der Waals surface area contributed by atoms with E-state index in [9.17, 15) is 9.36 Å². The molecule has 6 heteroatoms. The van der Waals surface area contributed by atoms with Crippen LogP contribution in [0.2, 0.25) is 0 Å². The molecule has 0 N–H and O–H groups in total. The zero-order chi connectivity index (χ0) is 21.8. The summed E-state index contributed by atoms with van der Waals surface area (Å²) >= 11 is 5.77. The predicted molar refractivity (Wildman–Crippen MR) is 121 cm³/mol. The van der Waals surface area contributed by atoms with Crippen LogP contribution in [0.15, 0.2) is 0 Å². The van der Waals surface area contributed by atoms with E-state index >= 15 is 0 Å². The van der Waals surface area contributed by atoms with Gasteiger partial charge < -0.3 is 9.05 Å². The zero-order valence-corrected chi connectivity index (χ0v) is 20.9. The van der Waals surface area contributed by atoms with E-state index in [1.54, 1.807) is 0 Å². The minimum atomic E-state index is -3.57. The molecule has 0 radical (unpaired) electrons. The Bertz CT molecular complexity index is 541. The number of Topliss-reactive ketones (excluding diaryl/α,β-unsaturated/α-hetero) is 1. The topological polar surface area (TPSA) is 52.6 Å². The fourth-order valence-electron chi connectivity index (χ4n) is 5.24. The van der Waals surface area contributed by atoms with Crippen molar-refractivity contribution in [3.63, 3.8) is 0 Å². The summed E-state index contributed by atoms with van der Waals surface area (Å²) in [5.74, 6) is 2.24. The van der Waals surface area contributed by atoms with Crippen molar-refractivity contribution in [2.24, 2.45) is 35.5 Å². The molecule has 0 aromatic rings. The highest BCUT2D eigenvalue weighted by molar-refractivity contribution is 7.55. The van der Waals surface area contributed by atoms with Crippen LogP contribution in [0.4, 0.5) is 0 Å². The fourth-order valence-corrected chi connectivity index (χ4v) is 7.52. The quantitative estimate of drug-likeness (QED) is 0.283. The molecule has 0 aromatic carbocycles. The lowest BCUT2D eigenvalue weighted by molar-refractivity contribution is -0.114. The van der Waals surface area contributed by atoms with Gasteiger partial charge in [-0.2, -0.15) is 0 Å². The van der Waals surface area contributed by atoms with Crippen LogP contribution in [0.1, 0.15) is 80.1 Å².